The molecule has 0 aromatic heterocycles. The fourth-order valence-corrected chi connectivity index (χ4v) is 3.64. The van der Waals surface area contributed by atoms with Crippen molar-refractivity contribution in [3.63, 3.8) is 0 Å². The van der Waals surface area contributed by atoms with Gasteiger partial charge in [-0.25, -0.2) is 0 Å². The van der Waals surface area contributed by atoms with Crippen LogP contribution in [0.25, 0.3) is 6.08 Å². The molecule has 148 valence electrons. The summed E-state index contributed by atoms with van der Waals surface area (Å²) in [6.07, 6.45) is 5.41. The van der Waals surface area contributed by atoms with E-state index in [0.29, 0.717) is 24.0 Å². The molecule has 1 heterocycles. The van der Waals surface area contributed by atoms with Gasteiger partial charge in [-0.1, -0.05) is 30.3 Å². The van der Waals surface area contributed by atoms with Crippen LogP contribution in [0.1, 0.15) is 35.4 Å². The lowest BCUT2D eigenvalue weighted by Crippen LogP contribution is -2.36. The number of methoxy groups -OCH3 is 2. The van der Waals surface area contributed by atoms with Crippen LogP contribution in [0.2, 0.25) is 0 Å². The summed E-state index contributed by atoms with van der Waals surface area (Å²) >= 11 is 0. The summed E-state index contributed by atoms with van der Waals surface area (Å²) in [4.78, 5) is 14.5. The molecule has 2 N–H and O–H groups in total. The average Bonchev–Trinajstić information content (AvgIpc) is 2.77. The van der Waals surface area contributed by atoms with Crippen LogP contribution >= 0.6 is 0 Å². The van der Waals surface area contributed by atoms with Gasteiger partial charge in [-0.2, -0.15) is 0 Å². The predicted molar refractivity (Wildman–Crippen MR) is 111 cm³/mol. The first kappa shape index (κ1) is 20.0. The molecule has 5 heteroatoms. The van der Waals surface area contributed by atoms with E-state index in [4.69, 9.17) is 15.2 Å². The van der Waals surface area contributed by atoms with Gasteiger partial charge < -0.3 is 20.1 Å². The lowest BCUT2D eigenvalue weighted by atomic mass is 9.88. The Balaban J connectivity index is 1.58. The molecule has 1 fully saturated rings. The van der Waals surface area contributed by atoms with Gasteiger partial charge in [0.2, 0.25) is 5.91 Å². The third-order valence-corrected chi connectivity index (χ3v) is 5.29. The molecule has 0 atom stereocenters. The fraction of sp³-hybridized carbons (Fsp3) is 0.348. The fourth-order valence-electron chi connectivity index (χ4n) is 3.64. The highest BCUT2D eigenvalue weighted by molar-refractivity contribution is 5.92. The van der Waals surface area contributed by atoms with Crippen LogP contribution in [-0.2, 0) is 11.3 Å². The van der Waals surface area contributed by atoms with Crippen molar-refractivity contribution >= 4 is 12.0 Å². The molecular formula is C23H28N2O3. The topological polar surface area (TPSA) is 64.8 Å². The molecule has 0 radical (unpaired) electrons. The normalized spacial score (nSPS) is 15.0. The lowest BCUT2D eigenvalue weighted by Gasteiger charge is -2.31. The molecule has 2 aromatic carbocycles. The van der Waals surface area contributed by atoms with Crippen molar-refractivity contribution < 1.29 is 14.3 Å². The molecule has 3 rings (SSSR count). The van der Waals surface area contributed by atoms with Gasteiger partial charge in [0, 0.05) is 25.7 Å². The Hall–Kier alpha value is -2.79. The van der Waals surface area contributed by atoms with E-state index in [0.717, 1.165) is 37.1 Å². The first-order chi connectivity index (χ1) is 13.6. The van der Waals surface area contributed by atoms with Crippen LogP contribution in [0.15, 0.2) is 48.5 Å². The van der Waals surface area contributed by atoms with Gasteiger partial charge in [-0.15, -0.1) is 0 Å². The van der Waals surface area contributed by atoms with Crippen molar-refractivity contribution in [3.05, 3.63) is 65.2 Å². The van der Waals surface area contributed by atoms with Crippen LogP contribution in [-0.4, -0.2) is 38.1 Å². The highest BCUT2D eigenvalue weighted by Gasteiger charge is 2.22. The summed E-state index contributed by atoms with van der Waals surface area (Å²) in [6.45, 7) is 2.10. The predicted octanol–water partition coefficient (Wildman–Crippen LogP) is 3.58. The van der Waals surface area contributed by atoms with Crippen LogP contribution in [0.3, 0.4) is 0 Å². The molecule has 5 nitrogen and oxygen atoms in total. The third kappa shape index (κ3) is 4.73. The number of carbonyl (C=O) groups is 1. The molecule has 0 saturated carbocycles. The maximum absolute atomic E-state index is 12.6. The van der Waals surface area contributed by atoms with E-state index in [1.54, 1.807) is 20.3 Å². The first-order valence-electron chi connectivity index (χ1n) is 9.62. The Morgan fingerprint density at radius 3 is 2.54 bits per heavy atom. The van der Waals surface area contributed by atoms with Crippen LogP contribution in [0.5, 0.6) is 11.5 Å². The van der Waals surface area contributed by atoms with Gasteiger partial charge in [0.25, 0.3) is 0 Å². The van der Waals surface area contributed by atoms with E-state index in [1.807, 2.05) is 29.2 Å². The summed E-state index contributed by atoms with van der Waals surface area (Å²) in [5, 5.41) is 0. The summed E-state index contributed by atoms with van der Waals surface area (Å²) in [5.41, 5.74) is 9.14. The zero-order valence-corrected chi connectivity index (χ0v) is 16.6. The van der Waals surface area contributed by atoms with E-state index in [9.17, 15) is 4.79 Å². The molecule has 1 saturated heterocycles. The zero-order valence-electron chi connectivity index (χ0n) is 16.6. The number of likely N-dealkylation sites (tertiary alicyclic amines) is 1. The molecule has 0 unspecified atom stereocenters. The smallest absolute Gasteiger partial charge is 0.246 e. The van der Waals surface area contributed by atoms with Crippen molar-refractivity contribution in [2.75, 3.05) is 27.3 Å². The van der Waals surface area contributed by atoms with E-state index >= 15 is 0 Å². The van der Waals surface area contributed by atoms with Crippen molar-refractivity contribution in [1.82, 2.24) is 4.90 Å². The Morgan fingerprint density at radius 1 is 1.11 bits per heavy atom. The minimum absolute atomic E-state index is 0.0453. The molecule has 1 amide bonds. The van der Waals surface area contributed by atoms with Crippen molar-refractivity contribution in [3.8, 4) is 11.5 Å². The number of nitrogens with zero attached hydrogens (tertiary/aromatic N) is 1. The number of piperidine rings is 1. The number of amides is 1. The number of carbonyl (C=O) groups excluding carboxylic acids is 1. The van der Waals surface area contributed by atoms with Crippen molar-refractivity contribution in [2.45, 2.75) is 25.3 Å². The number of hydrogen-bond donors (Lipinski definition) is 1. The van der Waals surface area contributed by atoms with E-state index < -0.39 is 0 Å². The maximum Gasteiger partial charge on any atom is 0.246 e. The SMILES string of the molecule is COc1ccc(/C=C/C(=O)N2CCC(c3cccc(CN)c3)CC2)cc1OC. The minimum Gasteiger partial charge on any atom is -0.493 e. The summed E-state index contributed by atoms with van der Waals surface area (Å²) < 4.78 is 10.6. The summed E-state index contributed by atoms with van der Waals surface area (Å²) in [5.74, 6) is 1.86. The van der Waals surface area contributed by atoms with Crippen LogP contribution < -0.4 is 15.2 Å². The van der Waals surface area contributed by atoms with E-state index in [-0.39, 0.29) is 5.91 Å². The highest BCUT2D eigenvalue weighted by atomic mass is 16.5. The van der Waals surface area contributed by atoms with E-state index in [1.165, 1.54) is 5.56 Å². The minimum atomic E-state index is 0.0453. The molecule has 28 heavy (non-hydrogen) atoms. The molecule has 0 spiro atoms. The number of nitrogens with two attached hydrogens (primary N) is 1. The number of hydrogen-bond acceptors (Lipinski definition) is 4. The molecule has 0 aliphatic carbocycles. The molecule has 2 aromatic rings. The molecular weight excluding hydrogens is 352 g/mol. The average molecular weight is 380 g/mol. The zero-order chi connectivity index (χ0) is 19.9. The maximum atomic E-state index is 12.6. The summed E-state index contributed by atoms with van der Waals surface area (Å²) in [6, 6.07) is 14.1. The van der Waals surface area contributed by atoms with Crippen molar-refractivity contribution in [1.29, 1.82) is 0 Å². The Bertz CT molecular complexity index is 839. The van der Waals surface area contributed by atoms with Gasteiger partial charge in [-0.3, -0.25) is 4.79 Å². The van der Waals surface area contributed by atoms with Gasteiger partial charge in [0.15, 0.2) is 11.5 Å². The lowest BCUT2D eigenvalue weighted by molar-refractivity contribution is -0.126. The monoisotopic (exact) mass is 380 g/mol. The quantitative estimate of drug-likeness (QED) is 0.778. The van der Waals surface area contributed by atoms with E-state index in [2.05, 4.69) is 24.3 Å². The van der Waals surface area contributed by atoms with Gasteiger partial charge in [0.1, 0.15) is 0 Å². The Morgan fingerprint density at radius 2 is 1.86 bits per heavy atom. The highest BCUT2D eigenvalue weighted by Crippen LogP contribution is 2.29. The second-order valence-electron chi connectivity index (χ2n) is 7.00. The number of rotatable bonds is 6. The largest absolute Gasteiger partial charge is 0.493 e. The van der Waals surface area contributed by atoms with Crippen LogP contribution in [0, 0.1) is 0 Å². The van der Waals surface area contributed by atoms with Gasteiger partial charge in [-0.05, 0) is 53.7 Å². The third-order valence-electron chi connectivity index (χ3n) is 5.29. The first-order valence-corrected chi connectivity index (χ1v) is 9.62. The van der Waals surface area contributed by atoms with Gasteiger partial charge in [0.05, 0.1) is 14.2 Å². The Kier molecular flexibility index (Phi) is 6.71. The number of ether oxygens (including phenoxy) is 2. The standard InChI is InChI=1S/C23H28N2O3/c1-27-21-8-6-17(15-22(21)28-2)7-9-23(26)25-12-10-19(11-13-25)20-5-3-4-18(14-20)16-24/h3-9,14-15,19H,10-13,16,24H2,1-2H3/b9-7+. The second kappa shape index (κ2) is 9.42. The molecule has 1 aliphatic rings. The second-order valence-corrected chi connectivity index (χ2v) is 7.00. The summed E-state index contributed by atoms with van der Waals surface area (Å²) in [7, 11) is 3.21. The molecule has 0 bridgehead atoms. The van der Waals surface area contributed by atoms with Crippen molar-refractivity contribution in [2.24, 2.45) is 5.73 Å². The molecule has 1 aliphatic heterocycles. The Labute approximate surface area is 166 Å². The number of benzene rings is 2. The van der Waals surface area contributed by atoms with Crippen LogP contribution in [0.4, 0.5) is 0 Å². The van der Waals surface area contributed by atoms with Gasteiger partial charge >= 0.3 is 0 Å².